The molecule has 1 heterocycles. The fraction of sp³-hybridized carbons (Fsp3) is 0.833. The van der Waals surface area contributed by atoms with Gasteiger partial charge in [0, 0.05) is 12.1 Å². The molecule has 0 aromatic heterocycles. The molecule has 8 nitrogen and oxygen atoms in total. The number of hydrogen-bond acceptors (Lipinski definition) is 5. The molecule has 1 fully saturated rings. The summed E-state index contributed by atoms with van der Waals surface area (Å²) in [5.41, 5.74) is -0.885. The number of amides is 4. The summed E-state index contributed by atoms with van der Waals surface area (Å²) < 4.78 is 5.22. The zero-order chi connectivity index (χ0) is 20.0. The summed E-state index contributed by atoms with van der Waals surface area (Å²) in [5, 5.41) is 7.85. The number of likely N-dealkylation sites (tertiary alicyclic amines) is 1. The number of piperidine rings is 1. The molecule has 4 amide bonds. The number of rotatable bonds is 4. The minimum atomic E-state index is -0.500. The van der Waals surface area contributed by atoms with E-state index in [1.54, 1.807) is 0 Å². The van der Waals surface area contributed by atoms with Crippen LogP contribution in [0.4, 0.5) is 9.59 Å². The molecule has 1 rings (SSSR count). The first-order chi connectivity index (χ1) is 11.8. The lowest BCUT2D eigenvalue weighted by Gasteiger charge is -2.31. The minimum absolute atomic E-state index is 0.198. The van der Waals surface area contributed by atoms with Gasteiger partial charge in [0.1, 0.15) is 5.60 Å². The van der Waals surface area contributed by atoms with Gasteiger partial charge in [-0.2, -0.15) is 0 Å². The van der Waals surface area contributed by atoms with Crippen LogP contribution in [0.5, 0.6) is 0 Å². The van der Waals surface area contributed by atoms with Crippen LogP contribution in [0.25, 0.3) is 0 Å². The van der Waals surface area contributed by atoms with Crippen LogP contribution in [-0.2, 0) is 9.53 Å². The summed E-state index contributed by atoms with van der Waals surface area (Å²) in [6.07, 6.45) is 1.37. The van der Waals surface area contributed by atoms with Crippen molar-refractivity contribution in [1.82, 2.24) is 20.9 Å². The van der Waals surface area contributed by atoms with Gasteiger partial charge in [0.2, 0.25) is 5.91 Å². The molecule has 26 heavy (non-hydrogen) atoms. The highest BCUT2D eigenvalue weighted by atomic mass is 16.6. The van der Waals surface area contributed by atoms with Gasteiger partial charge in [-0.1, -0.05) is 0 Å². The van der Waals surface area contributed by atoms with Crippen molar-refractivity contribution in [3.05, 3.63) is 0 Å². The van der Waals surface area contributed by atoms with Crippen molar-refractivity contribution in [1.29, 1.82) is 0 Å². The average Bonchev–Trinajstić information content (AvgIpc) is 2.42. The maximum Gasteiger partial charge on any atom is 0.407 e. The molecule has 8 heteroatoms. The van der Waals surface area contributed by atoms with Crippen molar-refractivity contribution in [2.24, 2.45) is 5.92 Å². The van der Waals surface area contributed by atoms with Crippen LogP contribution >= 0.6 is 0 Å². The number of ether oxygens (including phenoxy) is 1. The second kappa shape index (κ2) is 9.21. The Morgan fingerprint density at radius 1 is 1.04 bits per heavy atom. The summed E-state index contributed by atoms with van der Waals surface area (Å²) in [4.78, 5) is 37.3. The van der Waals surface area contributed by atoms with Gasteiger partial charge in [0.15, 0.2) is 0 Å². The van der Waals surface area contributed by atoms with E-state index in [2.05, 4.69) is 16.0 Å². The van der Waals surface area contributed by atoms with E-state index in [4.69, 9.17) is 4.74 Å². The monoisotopic (exact) mass is 370 g/mol. The standard InChI is InChI=1S/C18H34N4O4/c1-17(2,3)21-15(24)20-14(23)12-22-9-7-13(8-10-22)11-19-16(25)26-18(4,5)6/h13H,7-12H2,1-6H3,(H,19,25)(H2,20,21,23,24). The van der Waals surface area contributed by atoms with Gasteiger partial charge in [0.05, 0.1) is 6.54 Å². The molecule has 0 saturated carbocycles. The number of imide groups is 1. The number of carbonyl (C=O) groups is 3. The van der Waals surface area contributed by atoms with Crippen LogP contribution in [0.1, 0.15) is 54.4 Å². The van der Waals surface area contributed by atoms with E-state index >= 15 is 0 Å². The number of nitrogens with one attached hydrogen (secondary N) is 3. The molecule has 0 aliphatic carbocycles. The third-order valence-electron chi connectivity index (χ3n) is 3.75. The third-order valence-corrected chi connectivity index (χ3v) is 3.75. The van der Waals surface area contributed by atoms with E-state index in [1.165, 1.54) is 0 Å². The highest BCUT2D eigenvalue weighted by molar-refractivity contribution is 5.95. The van der Waals surface area contributed by atoms with E-state index in [0.717, 1.165) is 25.9 Å². The molecule has 1 aliphatic rings. The molecule has 3 N–H and O–H groups in total. The molecule has 0 unspecified atom stereocenters. The smallest absolute Gasteiger partial charge is 0.407 e. The Balaban J connectivity index is 2.24. The first-order valence-corrected chi connectivity index (χ1v) is 9.15. The van der Waals surface area contributed by atoms with Gasteiger partial charge in [-0.3, -0.25) is 15.0 Å². The first kappa shape index (κ1) is 22.2. The molecule has 0 radical (unpaired) electrons. The quantitative estimate of drug-likeness (QED) is 0.701. The van der Waals surface area contributed by atoms with Crippen molar-refractivity contribution in [3.63, 3.8) is 0 Å². The van der Waals surface area contributed by atoms with Crippen molar-refractivity contribution in [2.75, 3.05) is 26.2 Å². The van der Waals surface area contributed by atoms with Crippen molar-refractivity contribution in [3.8, 4) is 0 Å². The van der Waals surface area contributed by atoms with E-state index < -0.39 is 17.7 Å². The molecule has 0 bridgehead atoms. The van der Waals surface area contributed by atoms with E-state index in [1.807, 2.05) is 46.4 Å². The highest BCUT2D eigenvalue weighted by Crippen LogP contribution is 2.16. The Morgan fingerprint density at radius 3 is 2.12 bits per heavy atom. The van der Waals surface area contributed by atoms with E-state index in [0.29, 0.717) is 12.5 Å². The fourth-order valence-electron chi connectivity index (χ4n) is 2.63. The molecule has 1 saturated heterocycles. The maximum atomic E-state index is 11.9. The lowest BCUT2D eigenvalue weighted by atomic mass is 9.97. The van der Waals surface area contributed by atoms with Crippen LogP contribution in [0, 0.1) is 5.92 Å². The zero-order valence-corrected chi connectivity index (χ0v) is 16.9. The first-order valence-electron chi connectivity index (χ1n) is 9.15. The third kappa shape index (κ3) is 10.2. The Labute approximate surface area is 156 Å². The van der Waals surface area contributed by atoms with Crippen LogP contribution in [0.2, 0.25) is 0 Å². The predicted octanol–water partition coefficient (Wildman–Crippen LogP) is 1.85. The fourth-order valence-corrected chi connectivity index (χ4v) is 2.63. The Hall–Kier alpha value is -1.83. The lowest BCUT2D eigenvalue weighted by Crippen LogP contribution is -2.51. The topological polar surface area (TPSA) is 99.8 Å². The normalized spacial score (nSPS) is 16.7. The van der Waals surface area contributed by atoms with Gasteiger partial charge < -0.3 is 15.4 Å². The molecule has 150 valence electrons. The van der Waals surface area contributed by atoms with Crippen molar-refractivity contribution < 1.29 is 19.1 Å². The van der Waals surface area contributed by atoms with Crippen LogP contribution in [-0.4, -0.2) is 60.3 Å². The van der Waals surface area contributed by atoms with Gasteiger partial charge in [0.25, 0.3) is 0 Å². The largest absolute Gasteiger partial charge is 0.444 e. The Bertz CT molecular complexity index is 500. The second-order valence-electron chi connectivity index (χ2n) is 8.85. The Morgan fingerprint density at radius 2 is 1.62 bits per heavy atom. The Kier molecular flexibility index (Phi) is 7.87. The predicted molar refractivity (Wildman–Crippen MR) is 99.8 cm³/mol. The summed E-state index contributed by atoms with van der Waals surface area (Å²) in [7, 11) is 0. The molecule has 0 aromatic rings. The molecule has 0 atom stereocenters. The number of urea groups is 1. The average molecular weight is 370 g/mol. The summed E-state index contributed by atoms with van der Waals surface area (Å²) in [6, 6.07) is -0.473. The molecule has 0 spiro atoms. The van der Waals surface area contributed by atoms with Crippen molar-refractivity contribution in [2.45, 2.75) is 65.5 Å². The maximum absolute atomic E-state index is 11.9. The van der Waals surface area contributed by atoms with Gasteiger partial charge in [-0.05, 0) is 73.4 Å². The number of carbonyl (C=O) groups excluding carboxylic acids is 3. The molecule has 1 aliphatic heterocycles. The van der Waals surface area contributed by atoms with Crippen LogP contribution < -0.4 is 16.0 Å². The van der Waals surface area contributed by atoms with Gasteiger partial charge in [-0.25, -0.2) is 9.59 Å². The van der Waals surface area contributed by atoms with Crippen LogP contribution in [0.15, 0.2) is 0 Å². The van der Waals surface area contributed by atoms with Gasteiger partial charge >= 0.3 is 12.1 Å². The van der Waals surface area contributed by atoms with E-state index in [-0.39, 0.29) is 18.0 Å². The highest BCUT2D eigenvalue weighted by Gasteiger charge is 2.23. The van der Waals surface area contributed by atoms with Crippen LogP contribution in [0.3, 0.4) is 0 Å². The molecule has 0 aromatic carbocycles. The van der Waals surface area contributed by atoms with Gasteiger partial charge in [-0.15, -0.1) is 0 Å². The minimum Gasteiger partial charge on any atom is -0.444 e. The number of alkyl carbamates (subject to hydrolysis) is 1. The number of nitrogens with zero attached hydrogens (tertiary/aromatic N) is 1. The van der Waals surface area contributed by atoms with E-state index in [9.17, 15) is 14.4 Å². The molecular formula is C18H34N4O4. The molecular weight excluding hydrogens is 336 g/mol. The lowest BCUT2D eigenvalue weighted by molar-refractivity contribution is -0.121. The number of hydrogen-bond donors (Lipinski definition) is 3. The summed E-state index contributed by atoms with van der Waals surface area (Å²) in [5.74, 6) is 0.0584. The van der Waals surface area contributed by atoms with Crippen molar-refractivity contribution >= 4 is 18.0 Å². The second-order valence-corrected chi connectivity index (χ2v) is 8.85. The zero-order valence-electron chi connectivity index (χ0n) is 16.9. The summed E-state index contributed by atoms with van der Waals surface area (Å²) in [6.45, 7) is 13.3. The summed E-state index contributed by atoms with van der Waals surface area (Å²) >= 11 is 0. The SMILES string of the molecule is CC(C)(C)NC(=O)NC(=O)CN1CCC(CNC(=O)OC(C)(C)C)CC1.